The van der Waals surface area contributed by atoms with Crippen LogP contribution in [0.4, 0.5) is 5.69 Å². The smallest absolute Gasteiger partial charge is 0.253 e. The summed E-state index contributed by atoms with van der Waals surface area (Å²) in [6, 6.07) is 16.5. The second kappa shape index (κ2) is 6.07. The Morgan fingerprint density at radius 1 is 1.00 bits per heavy atom. The summed E-state index contributed by atoms with van der Waals surface area (Å²) in [7, 11) is 0. The highest BCUT2D eigenvalue weighted by Gasteiger charge is 2.22. The number of carbonyl (C=O) groups is 1. The van der Waals surface area contributed by atoms with Gasteiger partial charge in [0.1, 0.15) is 0 Å². The van der Waals surface area contributed by atoms with Gasteiger partial charge in [0.05, 0.1) is 5.56 Å². The highest BCUT2D eigenvalue weighted by atomic mass is 16.1. The standard InChI is InChI=1S/C20H24N2O/c1-20(2,3)21-19(23)17-10-6-7-11-18(17)22-13-12-15-8-4-5-9-16(15)14-22/h4-11H,12-14H2,1-3H3,(H,21,23). The number of nitrogens with one attached hydrogen (secondary N) is 1. The van der Waals surface area contributed by atoms with E-state index in [4.69, 9.17) is 0 Å². The Morgan fingerprint density at radius 3 is 2.39 bits per heavy atom. The van der Waals surface area contributed by atoms with Crippen LogP contribution in [0.2, 0.25) is 0 Å². The number of para-hydroxylation sites is 1. The van der Waals surface area contributed by atoms with Gasteiger partial charge >= 0.3 is 0 Å². The van der Waals surface area contributed by atoms with E-state index in [2.05, 4.69) is 34.5 Å². The van der Waals surface area contributed by atoms with Gasteiger partial charge in [-0.05, 0) is 50.5 Å². The van der Waals surface area contributed by atoms with Crippen LogP contribution in [0.1, 0.15) is 42.3 Å². The number of nitrogens with zero attached hydrogens (tertiary/aromatic N) is 1. The molecule has 0 aliphatic carbocycles. The first-order valence-corrected chi connectivity index (χ1v) is 8.17. The second-order valence-electron chi connectivity index (χ2n) is 7.16. The third-order valence-corrected chi connectivity index (χ3v) is 4.11. The summed E-state index contributed by atoms with van der Waals surface area (Å²) in [5.74, 6) is -0.00745. The quantitative estimate of drug-likeness (QED) is 0.916. The summed E-state index contributed by atoms with van der Waals surface area (Å²) in [4.78, 5) is 14.9. The minimum atomic E-state index is -0.237. The van der Waals surface area contributed by atoms with E-state index in [9.17, 15) is 4.79 Å². The Kier molecular flexibility index (Phi) is 4.12. The van der Waals surface area contributed by atoms with Crippen LogP contribution in [0.5, 0.6) is 0 Å². The molecule has 2 aromatic rings. The van der Waals surface area contributed by atoms with Crippen molar-refractivity contribution in [3.63, 3.8) is 0 Å². The molecule has 1 aliphatic rings. The molecule has 0 saturated heterocycles. The summed E-state index contributed by atoms with van der Waals surface area (Å²) >= 11 is 0. The number of hydrogen-bond acceptors (Lipinski definition) is 2. The molecule has 120 valence electrons. The molecule has 0 spiro atoms. The fourth-order valence-electron chi connectivity index (χ4n) is 3.05. The maximum atomic E-state index is 12.6. The largest absolute Gasteiger partial charge is 0.366 e. The van der Waals surface area contributed by atoms with Crippen molar-refractivity contribution in [1.82, 2.24) is 5.32 Å². The number of amides is 1. The fourth-order valence-corrected chi connectivity index (χ4v) is 3.05. The van der Waals surface area contributed by atoms with Gasteiger partial charge < -0.3 is 10.2 Å². The molecule has 0 atom stereocenters. The Hall–Kier alpha value is -2.29. The predicted molar refractivity (Wildman–Crippen MR) is 94.9 cm³/mol. The van der Waals surface area contributed by atoms with E-state index >= 15 is 0 Å². The van der Waals surface area contributed by atoms with Crippen molar-refractivity contribution in [1.29, 1.82) is 0 Å². The van der Waals surface area contributed by atoms with Crippen molar-refractivity contribution < 1.29 is 4.79 Å². The van der Waals surface area contributed by atoms with Crippen LogP contribution in [0.15, 0.2) is 48.5 Å². The van der Waals surface area contributed by atoms with E-state index in [0.717, 1.165) is 30.8 Å². The van der Waals surface area contributed by atoms with Gasteiger partial charge in [-0.3, -0.25) is 4.79 Å². The molecule has 1 amide bonds. The Bertz CT molecular complexity index is 716. The minimum Gasteiger partial charge on any atom is -0.366 e. The van der Waals surface area contributed by atoms with Crippen LogP contribution < -0.4 is 10.2 Å². The number of hydrogen-bond donors (Lipinski definition) is 1. The Labute approximate surface area is 138 Å². The van der Waals surface area contributed by atoms with Crippen LogP contribution in [0, 0.1) is 0 Å². The molecule has 1 aliphatic heterocycles. The molecule has 0 fully saturated rings. The van der Waals surface area contributed by atoms with Crippen LogP contribution in [-0.2, 0) is 13.0 Å². The lowest BCUT2D eigenvalue weighted by Gasteiger charge is -2.32. The zero-order valence-electron chi connectivity index (χ0n) is 14.1. The van der Waals surface area contributed by atoms with Gasteiger partial charge in [-0.25, -0.2) is 0 Å². The summed E-state index contributed by atoms with van der Waals surface area (Å²) < 4.78 is 0. The monoisotopic (exact) mass is 308 g/mol. The first-order chi connectivity index (χ1) is 10.9. The highest BCUT2D eigenvalue weighted by molar-refractivity contribution is 6.00. The number of rotatable bonds is 2. The molecule has 3 heteroatoms. The molecule has 1 N–H and O–H groups in total. The third kappa shape index (κ3) is 3.55. The topological polar surface area (TPSA) is 32.3 Å². The maximum absolute atomic E-state index is 12.6. The Morgan fingerprint density at radius 2 is 1.65 bits per heavy atom. The van der Waals surface area contributed by atoms with Crippen molar-refractivity contribution in [2.75, 3.05) is 11.4 Å². The van der Waals surface area contributed by atoms with E-state index in [-0.39, 0.29) is 11.4 Å². The maximum Gasteiger partial charge on any atom is 0.253 e. The molecule has 23 heavy (non-hydrogen) atoms. The number of fused-ring (bicyclic) bond motifs is 1. The minimum absolute atomic E-state index is 0.00745. The van der Waals surface area contributed by atoms with Gasteiger partial charge in [-0.2, -0.15) is 0 Å². The van der Waals surface area contributed by atoms with Crippen molar-refractivity contribution in [2.45, 2.75) is 39.3 Å². The van der Waals surface area contributed by atoms with Crippen molar-refractivity contribution in [2.24, 2.45) is 0 Å². The normalized spacial score (nSPS) is 14.3. The third-order valence-electron chi connectivity index (χ3n) is 4.11. The van der Waals surface area contributed by atoms with Crippen LogP contribution in [0.3, 0.4) is 0 Å². The fraction of sp³-hybridized carbons (Fsp3) is 0.350. The number of carbonyl (C=O) groups excluding carboxylic acids is 1. The Balaban J connectivity index is 1.88. The molecule has 1 heterocycles. The molecule has 0 aromatic heterocycles. The van der Waals surface area contributed by atoms with Gasteiger partial charge in [0.25, 0.3) is 5.91 Å². The average Bonchev–Trinajstić information content (AvgIpc) is 2.53. The van der Waals surface area contributed by atoms with Crippen LogP contribution in [-0.4, -0.2) is 18.0 Å². The van der Waals surface area contributed by atoms with Gasteiger partial charge in [0, 0.05) is 24.3 Å². The van der Waals surface area contributed by atoms with Crippen LogP contribution >= 0.6 is 0 Å². The molecule has 2 aromatic carbocycles. The summed E-state index contributed by atoms with van der Waals surface area (Å²) in [6.45, 7) is 7.81. The van der Waals surface area contributed by atoms with Crippen LogP contribution in [0.25, 0.3) is 0 Å². The highest BCUT2D eigenvalue weighted by Crippen LogP contribution is 2.27. The van der Waals surface area contributed by atoms with Gasteiger partial charge in [-0.15, -0.1) is 0 Å². The molecule has 0 bridgehead atoms. The predicted octanol–water partition coefficient (Wildman–Crippen LogP) is 3.78. The zero-order chi connectivity index (χ0) is 16.4. The lowest BCUT2D eigenvalue weighted by atomic mass is 9.98. The van der Waals surface area contributed by atoms with Crippen molar-refractivity contribution in [3.05, 3.63) is 65.2 Å². The molecular formula is C20H24N2O. The van der Waals surface area contributed by atoms with Gasteiger partial charge in [-0.1, -0.05) is 36.4 Å². The van der Waals surface area contributed by atoms with Gasteiger partial charge in [0.2, 0.25) is 0 Å². The first-order valence-electron chi connectivity index (χ1n) is 8.17. The SMILES string of the molecule is CC(C)(C)NC(=O)c1ccccc1N1CCc2ccccc2C1. The summed E-state index contributed by atoms with van der Waals surface area (Å²) in [5.41, 5.74) is 4.30. The first kappa shape index (κ1) is 15.6. The van der Waals surface area contributed by atoms with E-state index in [1.54, 1.807) is 0 Å². The lowest BCUT2D eigenvalue weighted by Crippen LogP contribution is -2.41. The zero-order valence-corrected chi connectivity index (χ0v) is 14.1. The average molecular weight is 308 g/mol. The van der Waals surface area contributed by atoms with E-state index in [1.807, 2.05) is 45.0 Å². The molecule has 0 unspecified atom stereocenters. The van der Waals surface area contributed by atoms with E-state index in [0.29, 0.717) is 0 Å². The molecule has 0 saturated carbocycles. The van der Waals surface area contributed by atoms with Gasteiger partial charge in [0.15, 0.2) is 0 Å². The summed E-state index contributed by atoms with van der Waals surface area (Å²) in [5, 5.41) is 3.07. The van der Waals surface area contributed by atoms with E-state index in [1.165, 1.54) is 11.1 Å². The number of anilines is 1. The second-order valence-corrected chi connectivity index (χ2v) is 7.16. The number of benzene rings is 2. The molecular weight excluding hydrogens is 284 g/mol. The lowest BCUT2D eigenvalue weighted by molar-refractivity contribution is 0.0920. The van der Waals surface area contributed by atoms with Crippen molar-refractivity contribution >= 4 is 11.6 Å². The van der Waals surface area contributed by atoms with E-state index < -0.39 is 0 Å². The molecule has 0 radical (unpaired) electrons. The molecule has 3 nitrogen and oxygen atoms in total. The molecule has 3 rings (SSSR count). The summed E-state index contributed by atoms with van der Waals surface area (Å²) in [6.07, 6.45) is 1.02. The van der Waals surface area contributed by atoms with Crippen molar-refractivity contribution in [3.8, 4) is 0 Å².